The van der Waals surface area contributed by atoms with Crippen molar-refractivity contribution in [2.45, 2.75) is 32.9 Å². The topological polar surface area (TPSA) is 109 Å². The highest BCUT2D eigenvalue weighted by Gasteiger charge is 2.37. The number of furan rings is 1. The van der Waals surface area contributed by atoms with Crippen molar-refractivity contribution in [3.05, 3.63) is 137 Å². The predicted molar refractivity (Wildman–Crippen MR) is 189 cm³/mol. The lowest BCUT2D eigenvalue weighted by Crippen LogP contribution is -2.40. The van der Waals surface area contributed by atoms with Gasteiger partial charge >= 0.3 is 11.9 Å². The van der Waals surface area contributed by atoms with E-state index in [1.807, 2.05) is 30.3 Å². The number of hydrogen-bond acceptors (Lipinski definition) is 9. The number of rotatable bonds is 9. The number of ether oxygens (including phenoxy) is 3. The van der Waals surface area contributed by atoms with Crippen molar-refractivity contribution < 1.29 is 28.2 Å². The third kappa shape index (κ3) is 6.85. The quantitative estimate of drug-likeness (QED) is 0.150. The first-order valence-electron chi connectivity index (χ1n) is 15.3. The van der Waals surface area contributed by atoms with Crippen LogP contribution in [-0.4, -0.2) is 36.3 Å². The summed E-state index contributed by atoms with van der Waals surface area (Å²) < 4.78 is 24.5. The van der Waals surface area contributed by atoms with E-state index in [-0.39, 0.29) is 28.4 Å². The molecule has 0 saturated heterocycles. The fraction of sp³-hybridized carbons (Fsp3) is 0.189. The van der Waals surface area contributed by atoms with Crippen molar-refractivity contribution in [2.24, 2.45) is 4.99 Å². The van der Waals surface area contributed by atoms with E-state index in [0.29, 0.717) is 54.5 Å². The van der Waals surface area contributed by atoms with Crippen LogP contribution in [0.2, 0.25) is 10.0 Å². The van der Waals surface area contributed by atoms with Crippen LogP contribution in [0.25, 0.3) is 23.1 Å². The summed E-state index contributed by atoms with van der Waals surface area (Å²) in [5, 5.41) is 0.797. The lowest BCUT2D eigenvalue weighted by Gasteiger charge is -2.27. The number of nitrogens with zero attached hydrogens (tertiary/aromatic N) is 2. The molecule has 0 fully saturated rings. The second kappa shape index (κ2) is 14.3. The molecule has 0 spiro atoms. The van der Waals surface area contributed by atoms with Crippen LogP contribution < -0.4 is 19.6 Å². The lowest BCUT2D eigenvalue weighted by atomic mass is 9.92. The van der Waals surface area contributed by atoms with E-state index in [1.165, 1.54) is 11.7 Å². The Balaban J connectivity index is 1.55. The standard InChI is InChI=1S/C37H30Cl2N2O7S/c1-5-46-36(44)31-32(21-9-7-6-8-10-21)40-37-41(33(31)27-18-23(39)12-15-28(27)45-4)34(42)30(49-37)19-24-13-16-29(48-24)26-17-22(38)11-14-25(26)35(43)47-20(2)3/h6-20,33H,5H2,1-4H3/b30-19-/t33-/m1/s1. The van der Waals surface area contributed by atoms with Crippen LogP contribution in [0, 0.1) is 0 Å². The average Bonchev–Trinajstić information content (AvgIpc) is 3.67. The van der Waals surface area contributed by atoms with Gasteiger partial charge in [0.15, 0.2) is 4.80 Å². The number of thiazole rings is 1. The average molecular weight is 718 g/mol. The molecule has 0 radical (unpaired) electrons. The molecule has 1 atom stereocenters. The van der Waals surface area contributed by atoms with Gasteiger partial charge in [-0.2, -0.15) is 0 Å². The first-order chi connectivity index (χ1) is 23.6. The van der Waals surface area contributed by atoms with Gasteiger partial charge < -0.3 is 18.6 Å². The molecule has 6 rings (SSSR count). The Bertz CT molecular complexity index is 2290. The molecule has 3 aromatic carbocycles. The minimum Gasteiger partial charge on any atom is -0.496 e. The van der Waals surface area contributed by atoms with E-state index in [0.717, 1.165) is 11.3 Å². The normalized spacial score (nSPS) is 14.4. The highest BCUT2D eigenvalue weighted by atomic mass is 35.5. The molecule has 9 nitrogen and oxygen atoms in total. The number of fused-ring (bicyclic) bond motifs is 1. The fourth-order valence-electron chi connectivity index (χ4n) is 5.53. The Morgan fingerprint density at radius 3 is 2.45 bits per heavy atom. The molecule has 0 saturated carbocycles. The molecule has 12 heteroatoms. The third-order valence-electron chi connectivity index (χ3n) is 7.57. The van der Waals surface area contributed by atoms with E-state index in [4.69, 9.17) is 46.8 Å². The Morgan fingerprint density at radius 2 is 1.73 bits per heavy atom. The Morgan fingerprint density at radius 1 is 1.00 bits per heavy atom. The van der Waals surface area contributed by atoms with Gasteiger partial charge in [0.25, 0.3) is 5.56 Å². The zero-order valence-corrected chi connectivity index (χ0v) is 29.2. The van der Waals surface area contributed by atoms with Gasteiger partial charge in [-0.05, 0) is 69.3 Å². The molecule has 1 aliphatic rings. The molecule has 5 aromatic rings. The van der Waals surface area contributed by atoms with Gasteiger partial charge in [0.1, 0.15) is 23.3 Å². The number of halogens is 2. The molecule has 2 aromatic heterocycles. The minimum absolute atomic E-state index is 0.110. The van der Waals surface area contributed by atoms with Crippen LogP contribution in [0.4, 0.5) is 0 Å². The summed E-state index contributed by atoms with van der Waals surface area (Å²) in [6.07, 6.45) is 1.27. The number of aromatic nitrogens is 1. The Labute approximate surface area is 295 Å². The van der Waals surface area contributed by atoms with Crippen LogP contribution in [0.5, 0.6) is 5.75 Å². The zero-order valence-electron chi connectivity index (χ0n) is 26.9. The molecule has 49 heavy (non-hydrogen) atoms. The molecule has 0 unspecified atom stereocenters. The molecule has 250 valence electrons. The fourth-order valence-corrected chi connectivity index (χ4v) is 6.87. The van der Waals surface area contributed by atoms with Gasteiger partial charge in [-0.3, -0.25) is 9.36 Å². The van der Waals surface area contributed by atoms with Gasteiger partial charge in [-0.1, -0.05) is 64.9 Å². The summed E-state index contributed by atoms with van der Waals surface area (Å²) in [5.74, 6) is -0.0292. The maximum absolute atomic E-state index is 14.3. The summed E-state index contributed by atoms with van der Waals surface area (Å²) >= 11 is 13.9. The van der Waals surface area contributed by atoms with Crippen molar-refractivity contribution in [2.75, 3.05) is 13.7 Å². The summed E-state index contributed by atoms with van der Waals surface area (Å²) in [5.41, 5.74) is 1.98. The molecule has 0 N–H and O–H groups in total. The largest absolute Gasteiger partial charge is 0.496 e. The van der Waals surface area contributed by atoms with Gasteiger partial charge in [0.2, 0.25) is 0 Å². The monoisotopic (exact) mass is 716 g/mol. The first kappa shape index (κ1) is 34.0. The number of carbonyl (C=O) groups is 2. The number of esters is 2. The molecule has 1 aliphatic heterocycles. The summed E-state index contributed by atoms with van der Waals surface area (Å²) in [4.78, 5) is 46.2. The van der Waals surface area contributed by atoms with Crippen LogP contribution in [-0.2, 0) is 14.3 Å². The second-order valence-electron chi connectivity index (χ2n) is 11.2. The van der Waals surface area contributed by atoms with Crippen molar-refractivity contribution >= 4 is 58.3 Å². The summed E-state index contributed by atoms with van der Waals surface area (Å²) in [6.45, 7) is 5.35. The highest BCUT2D eigenvalue weighted by Crippen LogP contribution is 2.40. The van der Waals surface area contributed by atoms with Gasteiger partial charge in [-0.25, -0.2) is 14.6 Å². The molecular formula is C37H30Cl2N2O7S. The maximum atomic E-state index is 14.3. The number of hydrogen-bond donors (Lipinski definition) is 0. The zero-order chi connectivity index (χ0) is 34.8. The molecular weight excluding hydrogens is 687 g/mol. The smallest absolute Gasteiger partial charge is 0.339 e. The molecule has 0 amide bonds. The maximum Gasteiger partial charge on any atom is 0.339 e. The van der Waals surface area contributed by atoms with Crippen LogP contribution in [0.15, 0.2) is 98.6 Å². The van der Waals surface area contributed by atoms with Crippen LogP contribution in [0.3, 0.4) is 0 Å². The Kier molecular flexibility index (Phi) is 9.91. The van der Waals surface area contributed by atoms with E-state index in [1.54, 1.807) is 75.4 Å². The van der Waals surface area contributed by atoms with Crippen molar-refractivity contribution in [3.63, 3.8) is 0 Å². The first-order valence-corrected chi connectivity index (χ1v) is 16.9. The molecule has 3 heterocycles. The van der Waals surface area contributed by atoms with E-state index in [2.05, 4.69) is 0 Å². The van der Waals surface area contributed by atoms with Gasteiger partial charge in [0, 0.05) is 32.8 Å². The van der Waals surface area contributed by atoms with Gasteiger partial charge in [-0.15, -0.1) is 0 Å². The number of methoxy groups -OCH3 is 1. The summed E-state index contributed by atoms with van der Waals surface area (Å²) in [6, 6.07) is 21.4. The number of carbonyl (C=O) groups excluding carboxylic acids is 2. The van der Waals surface area contributed by atoms with E-state index >= 15 is 0 Å². The predicted octanol–water partition coefficient (Wildman–Crippen LogP) is 7.08. The lowest BCUT2D eigenvalue weighted by molar-refractivity contribution is -0.138. The third-order valence-corrected chi connectivity index (χ3v) is 9.02. The second-order valence-corrected chi connectivity index (χ2v) is 13.0. The van der Waals surface area contributed by atoms with Crippen molar-refractivity contribution in [1.82, 2.24) is 4.57 Å². The number of benzene rings is 3. The molecule has 0 aliphatic carbocycles. The van der Waals surface area contributed by atoms with E-state index in [9.17, 15) is 14.4 Å². The molecule has 0 bridgehead atoms. The van der Waals surface area contributed by atoms with Crippen molar-refractivity contribution in [3.8, 4) is 17.1 Å². The van der Waals surface area contributed by atoms with E-state index < -0.39 is 23.5 Å². The van der Waals surface area contributed by atoms with Crippen LogP contribution >= 0.6 is 34.5 Å². The van der Waals surface area contributed by atoms with Gasteiger partial charge in [0.05, 0.1) is 41.2 Å². The SMILES string of the molecule is CCOC(=O)C1=C(c2ccccc2)N=c2s/c(=C\c3ccc(-c4cc(Cl)ccc4C(=O)OC(C)C)o3)c(=O)n2[C@@H]1c1cc(Cl)ccc1OC. The minimum atomic E-state index is -0.991. The van der Waals surface area contributed by atoms with Crippen LogP contribution in [0.1, 0.15) is 54.1 Å². The summed E-state index contributed by atoms with van der Waals surface area (Å²) in [7, 11) is 1.50. The highest BCUT2D eigenvalue weighted by molar-refractivity contribution is 7.07. The van der Waals surface area contributed by atoms with Crippen molar-refractivity contribution in [1.29, 1.82) is 0 Å². The Hall–Kier alpha value is -4.90.